The van der Waals surface area contributed by atoms with Gasteiger partial charge in [-0.15, -0.1) is 0 Å². The lowest BCUT2D eigenvalue weighted by Crippen LogP contribution is -2.22. The largest absolute Gasteiger partial charge is 0.175 e. The van der Waals surface area contributed by atoms with Crippen LogP contribution in [0.25, 0.3) is 0 Å². The Hall–Kier alpha value is 0.350. The first-order valence-electron chi connectivity index (χ1n) is 7.46. The second kappa shape index (κ2) is 4.23. The summed E-state index contributed by atoms with van der Waals surface area (Å²) >= 11 is 4.94. The van der Waals surface area contributed by atoms with Crippen LogP contribution in [0, 0.1) is 23.2 Å². The molecule has 4 atom stereocenters. The van der Waals surface area contributed by atoms with Gasteiger partial charge in [-0.2, -0.15) is 12.6 Å². The first-order chi connectivity index (χ1) is 7.78. The molecule has 0 aromatic rings. The van der Waals surface area contributed by atoms with Gasteiger partial charge in [0.05, 0.1) is 0 Å². The van der Waals surface area contributed by atoms with Crippen LogP contribution in [-0.4, -0.2) is 5.25 Å². The van der Waals surface area contributed by atoms with Gasteiger partial charge >= 0.3 is 0 Å². The number of hydrogen-bond acceptors (Lipinski definition) is 1. The fourth-order valence-electron chi connectivity index (χ4n) is 4.52. The minimum atomic E-state index is 0.721. The summed E-state index contributed by atoms with van der Waals surface area (Å²) in [5, 5.41) is 0.725. The molecule has 0 nitrogen and oxygen atoms in total. The average molecular weight is 238 g/mol. The molecule has 3 saturated carbocycles. The minimum Gasteiger partial charge on any atom is -0.175 e. The summed E-state index contributed by atoms with van der Waals surface area (Å²) in [5.41, 5.74) is 0.721. The molecule has 3 unspecified atom stereocenters. The quantitative estimate of drug-likeness (QED) is 0.660. The third-order valence-electron chi connectivity index (χ3n) is 5.89. The normalized spacial score (nSPS) is 43.9. The summed E-state index contributed by atoms with van der Waals surface area (Å²) in [7, 11) is 0. The Morgan fingerprint density at radius 3 is 2.69 bits per heavy atom. The standard InChI is InChI=1S/C15H26S/c1-2-3-7-14(16)15-9-8-12(13(15)10-15)11-5-4-6-11/h11-14,16H,2-10H2,1H3/t12?,13?,14?,15-/m1/s1. The predicted octanol–water partition coefficient (Wildman–Crippen LogP) is 4.69. The molecule has 0 heterocycles. The summed E-state index contributed by atoms with van der Waals surface area (Å²) in [6, 6.07) is 0. The topological polar surface area (TPSA) is 0 Å². The van der Waals surface area contributed by atoms with Gasteiger partial charge in [-0.1, -0.05) is 39.0 Å². The van der Waals surface area contributed by atoms with Gasteiger partial charge in [0, 0.05) is 5.25 Å². The molecule has 0 aliphatic heterocycles. The Bertz CT molecular complexity index is 258. The van der Waals surface area contributed by atoms with Crippen molar-refractivity contribution >= 4 is 12.6 Å². The monoisotopic (exact) mass is 238 g/mol. The van der Waals surface area contributed by atoms with Crippen molar-refractivity contribution in [3.05, 3.63) is 0 Å². The molecule has 3 fully saturated rings. The van der Waals surface area contributed by atoms with Gasteiger partial charge in [0.15, 0.2) is 0 Å². The van der Waals surface area contributed by atoms with Crippen LogP contribution < -0.4 is 0 Å². The number of unbranched alkanes of at least 4 members (excludes halogenated alkanes) is 1. The van der Waals surface area contributed by atoms with E-state index in [4.69, 9.17) is 12.6 Å². The highest BCUT2D eigenvalue weighted by Gasteiger charge is 2.65. The van der Waals surface area contributed by atoms with Gasteiger partial charge in [0.25, 0.3) is 0 Å². The van der Waals surface area contributed by atoms with Gasteiger partial charge in [-0.25, -0.2) is 0 Å². The maximum absolute atomic E-state index is 4.94. The van der Waals surface area contributed by atoms with Gasteiger partial charge in [-0.05, 0) is 48.9 Å². The first-order valence-corrected chi connectivity index (χ1v) is 7.97. The molecule has 16 heavy (non-hydrogen) atoms. The zero-order chi connectivity index (χ0) is 11.2. The molecule has 0 amide bonds. The molecular weight excluding hydrogens is 212 g/mol. The smallest absolute Gasteiger partial charge is 0.00761 e. The van der Waals surface area contributed by atoms with Crippen molar-refractivity contribution in [2.45, 2.75) is 70.0 Å². The Balaban J connectivity index is 1.57. The highest BCUT2D eigenvalue weighted by molar-refractivity contribution is 7.81. The average Bonchev–Trinajstić information content (AvgIpc) is 2.86. The van der Waals surface area contributed by atoms with Crippen LogP contribution in [-0.2, 0) is 0 Å². The van der Waals surface area contributed by atoms with Crippen molar-refractivity contribution in [1.29, 1.82) is 0 Å². The summed E-state index contributed by atoms with van der Waals surface area (Å²) < 4.78 is 0. The molecule has 0 saturated heterocycles. The van der Waals surface area contributed by atoms with Crippen LogP contribution in [0.3, 0.4) is 0 Å². The van der Waals surface area contributed by atoms with Crippen molar-refractivity contribution < 1.29 is 0 Å². The van der Waals surface area contributed by atoms with E-state index in [2.05, 4.69) is 6.92 Å². The highest BCUT2D eigenvalue weighted by atomic mass is 32.1. The van der Waals surface area contributed by atoms with E-state index in [0.29, 0.717) is 0 Å². The van der Waals surface area contributed by atoms with Gasteiger partial charge in [0.2, 0.25) is 0 Å². The molecule has 3 rings (SSSR count). The van der Waals surface area contributed by atoms with Crippen LogP contribution in [0.5, 0.6) is 0 Å². The number of fused-ring (bicyclic) bond motifs is 1. The lowest BCUT2D eigenvalue weighted by atomic mass is 9.74. The van der Waals surface area contributed by atoms with E-state index >= 15 is 0 Å². The van der Waals surface area contributed by atoms with Crippen molar-refractivity contribution in [2.24, 2.45) is 23.2 Å². The van der Waals surface area contributed by atoms with Crippen molar-refractivity contribution in [3.63, 3.8) is 0 Å². The molecule has 92 valence electrons. The van der Waals surface area contributed by atoms with Crippen LogP contribution in [0.15, 0.2) is 0 Å². The lowest BCUT2D eigenvalue weighted by Gasteiger charge is -2.32. The molecule has 0 radical (unpaired) electrons. The minimum absolute atomic E-state index is 0.721. The van der Waals surface area contributed by atoms with Crippen molar-refractivity contribution in [3.8, 4) is 0 Å². The highest BCUT2D eigenvalue weighted by Crippen LogP contribution is 2.72. The van der Waals surface area contributed by atoms with E-state index in [1.54, 1.807) is 19.3 Å². The maximum atomic E-state index is 4.94. The zero-order valence-electron chi connectivity index (χ0n) is 10.6. The third-order valence-corrected chi connectivity index (χ3v) is 6.66. The molecule has 0 bridgehead atoms. The number of hydrogen-bond donors (Lipinski definition) is 1. The third kappa shape index (κ3) is 1.65. The van der Waals surface area contributed by atoms with Crippen LogP contribution in [0.4, 0.5) is 0 Å². The van der Waals surface area contributed by atoms with Crippen LogP contribution >= 0.6 is 12.6 Å². The van der Waals surface area contributed by atoms with Crippen molar-refractivity contribution in [2.75, 3.05) is 0 Å². The van der Waals surface area contributed by atoms with Crippen molar-refractivity contribution in [1.82, 2.24) is 0 Å². The Labute approximate surface area is 106 Å². The van der Waals surface area contributed by atoms with Gasteiger partial charge in [0.1, 0.15) is 0 Å². The molecule has 1 heteroatoms. The predicted molar refractivity (Wildman–Crippen MR) is 72.9 cm³/mol. The summed E-state index contributed by atoms with van der Waals surface area (Å²) in [4.78, 5) is 0. The van der Waals surface area contributed by atoms with E-state index in [1.165, 1.54) is 38.5 Å². The van der Waals surface area contributed by atoms with Gasteiger partial charge < -0.3 is 0 Å². The second-order valence-corrected chi connectivity index (χ2v) is 7.22. The first kappa shape index (κ1) is 11.4. The Morgan fingerprint density at radius 1 is 1.31 bits per heavy atom. The SMILES string of the molecule is CCCCC(S)[C@@]12CCC(C3CCC3)C1C2. The lowest BCUT2D eigenvalue weighted by molar-refractivity contribution is 0.188. The number of thiol groups is 1. The van der Waals surface area contributed by atoms with Crippen LogP contribution in [0.1, 0.15) is 64.7 Å². The van der Waals surface area contributed by atoms with E-state index in [1.807, 2.05) is 0 Å². The zero-order valence-corrected chi connectivity index (χ0v) is 11.5. The summed E-state index contributed by atoms with van der Waals surface area (Å²) in [6.07, 6.45) is 13.3. The summed E-state index contributed by atoms with van der Waals surface area (Å²) in [6.45, 7) is 2.30. The molecule has 0 N–H and O–H groups in total. The van der Waals surface area contributed by atoms with E-state index in [0.717, 1.165) is 28.4 Å². The number of rotatable bonds is 5. The molecular formula is C15H26S. The van der Waals surface area contributed by atoms with E-state index in [9.17, 15) is 0 Å². The molecule has 0 spiro atoms. The fourth-order valence-corrected chi connectivity index (χ4v) is 5.13. The van der Waals surface area contributed by atoms with Gasteiger partial charge in [-0.3, -0.25) is 0 Å². The Morgan fingerprint density at radius 2 is 2.12 bits per heavy atom. The maximum Gasteiger partial charge on any atom is 0.00761 e. The second-order valence-electron chi connectivity index (χ2n) is 6.60. The van der Waals surface area contributed by atoms with E-state index in [-0.39, 0.29) is 0 Å². The molecule has 0 aromatic carbocycles. The fraction of sp³-hybridized carbons (Fsp3) is 1.00. The Kier molecular flexibility index (Phi) is 3.02. The molecule has 3 aliphatic carbocycles. The van der Waals surface area contributed by atoms with Crippen LogP contribution in [0.2, 0.25) is 0 Å². The molecule has 0 aromatic heterocycles. The molecule has 3 aliphatic rings. The van der Waals surface area contributed by atoms with E-state index < -0.39 is 0 Å². The summed E-state index contributed by atoms with van der Waals surface area (Å²) in [5.74, 6) is 3.34.